The van der Waals surface area contributed by atoms with E-state index in [4.69, 9.17) is 14.6 Å². The van der Waals surface area contributed by atoms with Crippen LogP contribution in [0.2, 0.25) is 0 Å². The Balaban J connectivity index is 0.000000280. The second-order valence-corrected chi connectivity index (χ2v) is 6.14. The lowest BCUT2D eigenvalue weighted by Gasteiger charge is -2.09. The second kappa shape index (κ2) is 11.6. The van der Waals surface area contributed by atoms with Gasteiger partial charge in [-0.15, -0.1) is 0 Å². The molecule has 150 valence electrons. The molecule has 0 aliphatic carbocycles. The highest BCUT2D eigenvalue weighted by molar-refractivity contribution is 5.96. The van der Waals surface area contributed by atoms with E-state index >= 15 is 0 Å². The number of aldehydes is 1. The van der Waals surface area contributed by atoms with Crippen LogP contribution in [0.25, 0.3) is 0 Å². The lowest BCUT2D eigenvalue weighted by molar-refractivity contribution is 0.0358. The quantitative estimate of drug-likeness (QED) is 0.593. The van der Waals surface area contributed by atoms with Gasteiger partial charge in [0.2, 0.25) is 0 Å². The molecule has 1 N–H and O–H groups in total. The molecule has 2 heterocycles. The van der Waals surface area contributed by atoms with Gasteiger partial charge in [-0.1, -0.05) is 6.07 Å². The predicted octanol–water partition coefficient (Wildman–Crippen LogP) is 2.60. The standard InChI is InChI=1S/C10H13NO3.C10H11NO3/c2*1-7(2)14-10(13)9-8(6-12)4-3-5-11-9/h3-5,7,12H,6H2,1-2H3;3-7H,1-2H3. The van der Waals surface area contributed by atoms with E-state index < -0.39 is 11.9 Å². The summed E-state index contributed by atoms with van der Waals surface area (Å²) in [4.78, 5) is 41.1. The molecule has 0 saturated heterocycles. The molecular weight excluding hydrogens is 364 g/mol. The lowest BCUT2D eigenvalue weighted by atomic mass is 10.2. The number of nitrogens with zero attached hydrogens (tertiary/aromatic N) is 2. The molecule has 0 amide bonds. The van der Waals surface area contributed by atoms with E-state index in [0.717, 1.165) is 0 Å². The highest BCUT2D eigenvalue weighted by Gasteiger charge is 2.15. The minimum atomic E-state index is -0.567. The predicted molar refractivity (Wildman–Crippen MR) is 101 cm³/mol. The van der Waals surface area contributed by atoms with E-state index in [1.165, 1.54) is 18.5 Å². The molecule has 0 aromatic carbocycles. The Morgan fingerprint density at radius 1 is 0.964 bits per heavy atom. The van der Waals surface area contributed by atoms with Crippen molar-refractivity contribution in [1.29, 1.82) is 0 Å². The maximum atomic E-state index is 11.4. The van der Waals surface area contributed by atoms with E-state index in [2.05, 4.69) is 9.97 Å². The molecule has 0 spiro atoms. The van der Waals surface area contributed by atoms with E-state index in [1.54, 1.807) is 45.9 Å². The van der Waals surface area contributed by atoms with Crippen molar-refractivity contribution in [2.75, 3.05) is 0 Å². The van der Waals surface area contributed by atoms with Gasteiger partial charge in [0.05, 0.1) is 18.8 Å². The SMILES string of the molecule is CC(C)OC(=O)c1ncccc1C=O.CC(C)OC(=O)c1ncccc1CO. The Hall–Kier alpha value is -3.13. The van der Waals surface area contributed by atoms with Crippen LogP contribution in [0.15, 0.2) is 36.7 Å². The van der Waals surface area contributed by atoms with Crippen LogP contribution >= 0.6 is 0 Å². The summed E-state index contributed by atoms with van der Waals surface area (Å²) >= 11 is 0. The number of aromatic nitrogens is 2. The molecule has 0 fully saturated rings. The zero-order valence-electron chi connectivity index (χ0n) is 16.3. The summed E-state index contributed by atoms with van der Waals surface area (Å²) in [5.41, 5.74) is 0.983. The van der Waals surface area contributed by atoms with E-state index in [1.807, 2.05) is 0 Å². The number of ether oxygens (including phenoxy) is 2. The van der Waals surface area contributed by atoms with Gasteiger partial charge >= 0.3 is 11.9 Å². The second-order valence-electron chi connectivity index (χ2n) is 6.14. The molecule has 0 bridgehead atoms. The summed E-state index contributed by atoms with van der Waals surface area (Å²) in [5.74, 6) is -1.06. The molecule has 8 heteroatoms. The van der Waals surface area contributed by atoms with Crippen LogP contribution in [0.4, 0.5) is 0 Å². The van der Waals surface area contributed by atoms with E-state index in [9.17, 15) is 14.4 Å². The number of hydrogen-bond donors (Lipinski definition) is 1. The van der Waals surface area contributed by atoms with Gasteiger partial charge in [0.25, 0.3) is 0 Å². The largest absolute Gasteiger partial charge is 0.458 e. The highest BCUT2D eigenvalue weighted by atomic mass is 16.5. The van der Waals surface area contributed by atoms with Crippen LogP contribution in [-0.2, 0) is 16.1 Å². The van der Waals surface area contributed by atoms with Gasteiger partial charge in [0.1, 0.15) is 0 Å². The summed E-state index contributed by atoms with van der Waals surface area (Å²) < 4.78 is 9.88. The molecule has 2 rings (SSSR count). The van der Waals surface area contributed by atoms with Crippen LogP contribution in [0.5, 0.6) is 0 Å². The Bertz CT molecular complexity index is 805. The van der Waals surface area contributed by atoms with E-state index in [-0.39, 0.29) is 35.8 Å². The number of carbonyl (C=O) groups is 3. The molecule has 0 atom stereocenters. The topological polar surface area (TPSA) is 116 Å². The number of hydrogen-bond acceptors (Lipinski definition) is 8. The number of pyridine rings is 2. The van der Waals surface area contributed by atoms with Crippen molar-refractivity contribution in [2.45, 2.75) is 46.5 Å². The number of rotatable bonds is 6. The Kier molecular flexibility index (Phi) is 9.45. The van der Waals surface area contributed by atoms with Crippen molar-refractivity contribution in [3.63, 3.8) is 0 Å². The first kappa shape index (κ1) is 22.9. The highest BCUT2D eigenvalue weighted by Crippen LogP contribution is 2.08. The number of aliphatic hydroxyl groups is 1. The Morgan fingerprint density at radius 3 is 1.96 bits per heavy atom. The maximum Gasteiger partial charge on any atom is 0.357 e. The molecule has 28 heavy (non-hydrogen) atoms. The summed E-state index contributed by atoms with van der Waals surface area (Å²) in [6, 6.07) is 6.43. The van der Waals surface area contributed by atoms with Crippen LogP contribution < -0.4 is 0 Å². The minimum Gasteiger partial charge on any atom is -0.458 e. The summed E-state index contributed by atoms with van der Waals surface area (Å²) in [6.07, 6.45) is 3.13. The maximum absolute atomic E-state index is 11.4. The van der Waals surface area contributed by atoms with Crippen molar-refractivity contribution in [2.24, 2.45) is 0 Å². The lowest BCUT2D eigenvalue weighted by Crippen LogP contribution is -2.15. The van der Waals surface area contributed by atoms with Crippen molar-refractivity contribution in [3.05, 3.63) is 59.2 Å². The van der Waals surface area contributed by atoms with Crippen molar-refractivity contribution in [1.82, 2.24) is 9.97 Å². The average Bonchev–Trinajstić information content (AvgIpc) is 2.67. The molecule has 0 saturated carbocycles. The molecule has 0 radical (unpaired) electrons. The monoisotopic (exact) mass is 388 g/mol. The van der Waals surface area contributed by atoms with Gasteiger partial charge in [0, 0.05) is 23.5 Å². The zero-order valence-corrected chi connectivity index (χ0v) is 16.3. The molecule has 0 aliphatic heterocycles. The van der Waals surface area contributed by atoms with Gasteiger partial charge in [-0.05, 0) is 45.9 Å². The fourth-order valence-corrected chi connectivity index (χ4v) is 1.97. The van der Waals surface area contributed by atoms with Crippen molar-refractivity contribution >= 4 is 18.2 Å². The van der Waals surface area contributed by atoms with Crippen LogP contribution in [0.3, 0.4) is 0 Å². The van der Waals surface area contributed by atoms with Crippen molar-refractivity contribution in [3.8, 4) is 0 Å². The molecule has 0 aliphatic rings. The summed E-state index contributed by atoms with van der Waals surface area (Å²) in [6.45, 7) is 6.79. The normalized spacial score (nSPS) is 10.1. The molecule has 2 aromatic heterocycles. The van der Waals surface area contributed by atoms with E-state index in [0.29, 0.717) is 11.8 Å². The Morgan fingerprint density at radius 2 is 1.46 bits per heavy atom. The minimum absolute atomic E-state index is 0.0659. The van der Waals surface area contributed by atoms with Crippen LogP contribution in [0, 0.1) is 0 Å². The van der Waals surface area contributed by atoms with Gasteiger partial charge in [0.15, 0.2) is 17.7 Å². The fraction of sp³-hybridized carbons (Fsp3) is 0.350. The Labute approximate surface area is 163 Å². The smallest absolute Gasteiger partial charge is 0.357 e. The average molecular weight is 388 g/mol. The molecule has 8 nitrogen and oxygen atoms in total. The zero-order chi connectivity index (χ0) is 21.1. The van der Waals surface area contributed by atoms with Crippen LogP contribution in [-0.4, -0.2) is 45.5 Å². The van der Waals surface area contributed by atoms with Gasteiger partial charge < -0.3 is 14.6 Å². The number of carbonyl (C=O) groups excluding carboxylic acids is 3. The first-order valence-electron chi connectivity index (χ1n) is 8.67. The first-order valence-corrected chi connectivity index (χ1v) is 8.67. The third-order valence-electron chi connectivity index (χ3n) is 3.10. The number of esters is 2. The molecule has 2 aromatic rings. The molecular formula is C20H24N2O6. The van der Waals surface area contributed by atoms with Crippen LogP contribution in [0.1, 0.15) is 64.6 Å². The summed E-state index contributed by atoms with van der Waals surface area (Å²) in [7, 11) is 0. The van der Waals surface area contributed by atoms with Gasteiger partial charge in [-0.2, -0.15) is 0 Å². The molecule has 0 unspecified atom stereocenters. The first-order chi connectivity index (χ1) is 13.3. The number of aliphatic hydroxyl groups excluding tert-OH is 1. The van der Waals surface area contributed by atoms with Gasteiger partial charge in [-0.3, -0.25) is 4.79 Å². The summed E-state index contributed by atoms with van der Waals surface area (Å²) in [5, 5.41) is 8.95. The van der Waals surface area contributed by atoms with Gasteiger partial charge in [-0.25, -0.2) is 19.6 Å². The fourth-order valence-electron chi connectivity index (χ4n) is 1.97. The van der Waals surface area contributed by atoms with Crippen molar-refractivity contribution < 1.29 is 29.0 Å². The third-order valence-corrected chi connectivity index (χ3v) is 3.10. The third kappa shape index (κ3) is 7.24.